The Morgan fingerprint density at radius 3 is 2.67 bits per heavy atom. The molecule has 2 N–H and O–H groups in total. The Balaban J connectivity index is 1.87. The zero-order valence-corrected chi connectivity index (χ0v) is 13.2. The molecule has 0 saturated carbocycles. The van der Waals surface area contributed by atoms with E-state index in [2.05, 4.69) is 25.6 Å². The summed E-state index contributed by atoms with van der Waals surface area (Å²) in [6.07, 6.45) is 1.59. The smallest absolute Gasteiger partial charge is 0.320 e. The molecule has 3 aromatic rings. The average molecular weight is 346 g/mol. The summed E-state index contributed by atoms with van der Waals surface area (Å²) in [6.45, 7) is 0.357. The SMILES string of the molecule is O=C(NCCCl)Nc1ccc2ncc(-c3ccc(F)cc3)nc2n1. The highest BCUT2D eigenvalue weighted by atomic mass is 35.5. The van der Waals surface area contributed by atoms with Crippen LogP contribution >= 0.6 is 11.6 Å². The van der Waals surface area contributed by atoms with E-state index in [0.717, 1.165) is 5.56 Å². The molecule has 0 fully saturated rings. The largest absolute Gasteiger partial charge is 0.337 e. The summed E-state index contributed by atoms with van der Waals surface area (Å²) in [4.78, 5) is 24.6. The lowest BCUT2D eigenvalue weighted by Crippen LogP contribution is -2.30. The number of nitrogens with one attached hydrogen (secondary N) is 2. The number of amides is 2. The molecule has 0 atom stereocenters. The molecule has 2 amide bonds. The number of halogens is 2. The second kappa shape index (κ2) is 7.18. The first-order valence-corrected chi connectivity index (χ1v) is 7.70. The zero-order valence-electron chi connectivity index (χ0n) is 12.5. The van der Waals surface area contributed by atoms with Crippen molar-refractivity contribution in [1.82, 2.24) is 20.3 Å². The average Bonchev–Trinajstić information content (AvgIpc) is 2.60. The van der Waals surface area contributed by atoms with Gasteiger partial charge in [0.15, 0.2) is 5.65 Å². The van der Waals surface area contributed by atoms with Gasteiger partial charge in [-0.2, -0.15) is 0 Å². The molecule has 2 heterocycles. The molecule has 0 unspecified atom stereocenters. The predicted molar refractivity (Wildman–Crippen MR) is 90.5 cm³/mol. The van der Waals surface area contributed by atoms with E-state index in [4.69, 9.17) is 11.6 Å². The van der Waals surface area contributed by atoms with Gasteiger partial charge in [0, 0.05) is 18.0 Å². The summed E-state index contributed by atoms with van der Waals surface area (Å²) in [5, 5.41) is 5.18. The summed E-state index contributed by atoms with van der Waals surface area (Å²) >= 11 is 5.51. The number of fused-ring (bicyclic) bond motifs is 1. The minimum Gasteiger partial charge on any atom is -0.337 e. The van der Waals surface area contributed by atoms with Crippen molar-refractivity contribution in [3.63, 3.8) is 0 Å². The van der Waals surface area contributed by atoms with Crippen LogP contribution in [0.15, 0.2) is 42.6 Å². The second-order valence-corrected chi connectivity index (χ2v) is 5.25. The Morgan fingerprint density at radius 1 is 1.12 bits per heavy atom. The maximum Gasteiger partial charge on any atom is 0.320 e. The van der Waals surface area contributed by atoms with Gasteiger partial charge < -0.3 is 5.32 Å². The topological polar surface area (TPSA) is 79.8 Å². The minimum atomic E-state index is -0.398. The van der Waals surface area contributed by atoms with E-state index >= 15 is 0 Å². The van der Waals surface area contributed by atoms with E-state index in [0.29, 0.717) is 35.1 Å². The third kappa shape index (κ3) is 3.75. The number of hydrogen-bond acceptors (Lipinski definition) is 4. The summed E-state index contributed by atoms with van der Waals surface area (Å²) < 4.78 is 13.0. The first-order chi connectivity index (χ1) is 11.7. The number of hydrogen-bond donors (Lipinski definition) is 2. The van der Waals surface area contributed by atoms with Gasteiger partial charge in [0.05, 0.1) is 11.9 Å². The van der Waals surface area contributed by atoms with Crippen molar-refractivity contribution in [2.75, 3.05) is 17.7 Å². The number of pyridine rings is 1. The van der Waals surface area contributed by atoms with Gasteiger partial charge in [0.2, 0.25) is 0 Å². The van der Waals surface area contributed by atoms with E-state index in [9.17, 15) is 9.18 Å². The second-order valence-electron chi connectivity index (χ2n) is 4.87. The molecule has 6 nitrogen and oxygen atoms in total. The number of rotatable bonds is 4. The third-order valence-electron chi connectivity index (χ3n) is 3.17. The molecule has 24 heavy (non-hydrogen) atoms. The molecule has 2 aromatic heterocycles. The van der Waals surface area contributed by atoms with E-state index in [1.165, 1.54) is 12.1 Å². The van der Waals surface area contributed by atoms with Gasteiger partial charge in [-0.25, -0.2) is 19.2 Å². The Hall–Kier alpha value is -2.80. The highest BCUT2D eigenvalue weighted by Gasteiger charge is 2.07. The van der Waals surface area contributed by atoms with Crippen LogP contribution in [-0.4, -0.2) is 33.4 Å². The number of anilines is 1. The van der Waals surface area contributed by atoms with Gasteiger partial charge in [-0.1, -0.05) is 0 Å². The van der Waals surface area contributed by atoms with Crippen LogP contribution in [0.2, 0.25) is 0 Å². The van der Waals surface area contributed by atoms with Crippen molar-refractivity contribution in [1.29, 1.82) is 0 Å². The van der Waals surface area contributed by atoms with Crippen molar-refractivity contribution >= 4 is 34.6 Å². The molecule has 0 aliphatic heterocycles. The lowest BCUT2D eigenvalue weighted by Gasteiger charge is -2.07. The fourth-order valence-corrected chi connectivity index (χ4v) is 2.14. The zero-order chi connectivity index (χ0) is 16.9. The number of aromatic nitrogens is 3. The molecule has 8 heteroatoms. The maximum absolute atomic E-state index is 13.0. The van der Waals surface area contributed by atoms with Gasteiger partial charge in [0.1, 0.15) is 17.2 Å². The molecular weight excluding hydrogens is 333 g/mol. The Kier molecular flexibility index (Phi) is 4.81. The van der Waals surface area contributed by atoms with Gasteiger partial charge >= 0.3 is 6.03 Å². The monoisotopic (exact) mass is 345 g/mol. The fourth-order valence-electron chi connectivity index (χ4n) is 2.05. The van der Waals surface area contributed by atoms with Crippen LogP contribution in [0.5, 0.6) is 0 Å². The molecule has 0 saturated heterocycles. The van der Waals surface area contributed by atoms with Crippen LogP contribution in [-0.2, 0) is 0 Å². The van der Waals surface area contributed by atoms with Crippen LogP contribution < -0.4 is 10.6 Å². The molecule has 0 aliphatic carbocycles. The van der Waals surface area contributed by atoms with E-state index in [1.807, 2.05) is 0 Å². The van der Waals surface area contributed by atoms with Gasteiger partial charge in [-0.05, 0) is 36.4 Å². The van der Waals surface area contributed by atoms with Crippen molar-refractivity contribution in [3.8, 4) is 11.3 Å². The predicted octanol–water partition coefficient (Wildman–Crippen LogP) is 3.19. The van der Waals surface area contributed by atoms with Crippen molar-refractivity contribution in [3.05, 3.63) is 48.4 Å². The highest BCUT2D eigenvalue weighted by Crippen LogP contribution is 2.19. The van der Waals surface area contributed by atoms with E-state index in [1.54, 1.807) is 30.5 Å². The number of carbonyl (C=O) groups is 1. The van der Waals surface area contributed by atoms with E-state index in [-0.39, 0.29) is 5.82 Å². The molecule has 0 bridgehead atoms. The summed E-state index contributed by atoms with van der Waals surface area (Å²) in [7, 11) is 0. The summed E-state index contributed by atoms with van der Waals surface area (Å²) in [6, 6.07) is 8.89. The number of nitrogens with zero attached hydrogens (tertiary/aromatic N) is 3. The maximum atomic E-state index is 13.0. The number of benzene rings is 1. The Labute approximate surface area is 142 Å². The third-order valence-corrected chi connectivity index (χ3v) is 3.36. The fraction of sp³-hybridized carbons (Fsp3) is 0.125. The van der Waals surface area contributed by atoms with Crippen molar-refractivity contribution in [2.45, 2.75) is 0 Å². The van der Waals surface area contributed by atoms with Gasteiger partial charge in [-0.3, -0.25) is 10.3 Å². The van der Waals surface area contributed by atoms with E-state index < -0.39 is 6.03 Å². The first-order valence-electron chi connectivity index (χ1n) is 7.16. The quantitative estimate of drug-likeness (QED) is 0.712. The number of alkyl halides is 1. The molecule has 0 spiro atoms. The lowest BCUT2D eigenvalue weighted by molar-refractivity contribution is 0.252. The normalized spacial score (nSPS) is 10.6. The molecule has 3 rings (SSSR count). The number of carbonyl (C=O) groups excluding carboxylic acids is 1. The van der Waals surface area contributed by atoms with Crippen LogP contribution in [0.3, 0.4) is 0 Å². The Bertz CT molecular complexity index is 872. The molecule has 1 aromatic carbocycles. The first kappa shape index (κ1) is 16.1. The van der Waals surface area contributed by atoms with Crippen LogP contribution in [0.4, 0.5) is 15.0 Å². The summed E-state index contributed by atoms with van der Waals surface area (Å²) in [5.41, 5.74) is 2.27. The van der Waals surface area contributed by atoms with Gasteiger partial charge in [0.25, 0.3) is 0 Å². The molecule has 122 valence electrons. The summed E-state index contributed by atoms with van der Waals surface area (Å²) in [5.74, 6) is 0.352. The standard InChI is InChI=1S/C16H13ClFN5O/c17-7-8-19-16(24)23-14-6-5-12-15(22-14)21-13(9-20-12)10-1-3-11(18)4-2-10/h1-6,9H,7-8H2,(H2,19,21,22,23,24). The minimum absolute atomic E-state index is 0.319. The van der Waals surface area contributed by atoms with Crippen LogP contribution in [0, 0.1) is 5.82 Å². The van der Waals surface area contributed by atoms with Crippen LogP contribution in [0.1, 0.15) is 0 Å². The van der Waals surface area contributed by atoms with Gasteiger partial charge in [-0.15, -0.1) is 11.6 Å². The lowest BCUT2D eigenvalue weighted by atomic mass is 10.1. The van der Waals surface area contributed by atoms with Crippen molar-refractivity contribution in [2.24, 2.45) is 0 Å². The van der Waals surface area contributed by atoms with Crippen LogP contribution in [0.25, 0.3) is 22.4 Å². The molecule has 0 aliphatic rings. The van der Waals surface area contributed by atoms with Crippen molar-refractivity contribution < 1.29 is 9.18 Å². The number of urea groups is 1. The Morgan fingerprint density at radius 2 is 1.92 bits per heavy atom. The molecule has 0 radical (unpaired) electrons. The molecular formula is C16H13ClFN5O. The highest BCUT2D eigenvalue weighted by molar-refractivity contribution is 6.18.